The number of anilines is 1. The summed E-state index contributed by atoms with van der Waals surface area (Å²) in [5.74, 6) is -2.98. The topological polar surface area (TPSA) is 46.9 Å². The van der Waals surface area contributed by atoms with Crippen molar-refractivity contribution in [3.05, 3.63) is 77.0 Å². The molecule has 1 heterocycles. The van der Waals surface area contributed by atoms with Gasteiger partial charge in [-0.25, -0.2) is 13.5 Å². The van der Waals surface area contributed by atoms with Gasteiger partial charge in [0.1, 0.15) is 17.5 Å². The second-order valence-corrected chi connectivity index (χ2v) is 5.68. The normalized spacial score (nSPS) is 11.5. The Bertz CT molecular complexity index is 1010. The highest BCUT2D eigenvalue weighted by Crippen LogP contribution is 2.34. The molecule has 0 radical (unpaired) electrons. The van der Waals surface area contributed by atoms with Crippen molar-refractivity contribution in [1.29, 1.82) is 0 Å². The fourth-order valence-electron chi connectivity index (χ4n) is 2.53. The summed E-state index contributed by atoms with van der Waals surface area (Å²) in [6.07, 6.45) is -4.64. The van der Waals surface area contributed by atoms with Crippen LogP contribution in [0.15, 0.2) is 48.5 Å². The number of halogens is 5. The maximum atomic E-state index is 13.8. The molecule has 27 heavy (non-hydrogen) atoms. The van der Waals surface area contributed by atoms with Crippen LogP contribution >= 0.6 is 0 Å². The van der Waals surface area contributed by atoms with E-state index in [0.717, 1.165) is 22.9 Å². The molecule has 0 bridgehead atoms. The largest absolute Gasteiger partial charge is 0.418 e. The fourth-order valence-corrected chi connectivity index (χ4v) is 2.53. The molecule has 0 unspecified atom stereocenters. The van der Waals surface area contributed by atoms with Gasteiger partial charge in [0.15, 0.2) is 0 Å². The maximum Gasteiger partial charge on any atom is 0.418 e. The SMILES string of the molecule is Cc1cc(NC(=O)c2ccc(F)cc2F)n(-c2ccccc2C(F)(F)F)n1. The predicted octanol–water partition coefficient (Wildman–Crippen LogP) is 4.73. The van der Waals surface area contributed by atoms with E-state index in [1.165, 1.54) is 31.2 Å². The number of para-hydroxylation sites is 1. The molecular weight excluding hydrogens is 369 g/mol. The fraction of sp³-hybridized carbons (Fsp3) is 0.111. The van der Waals surface area contributed by atoms with Gasteiger partial charge in [-0.15, -0.1) is 0 Å². The zero-order chi connectivity index (χ0) is 19.8. The molecule has 140 valence electrons. The first kappa shape index (κ1) is 18.6. The number of alkyl halides is 3. The molecule has 3 aromatic rings. The summed E-state index contributed by atoms with van der Waals surface area (Å²) >= 11 is 0. The van der Waals surface area contributed by atoms with Crippen LogP contribution in [0.4, 0.5) is 27.8 Å². The van der Waals surface area contributed by atoms with E-state index >= 15 is 0 Å². The third-order valence-electron chi connectivity index (χ3n) is 3.69. The Morgan fingerprint density at radius 1 is 1.07 bits per heavy atom. The lowest BCUT2D eigenvalue weighted by molar-refractivity contribution is -0.137. The molecule has 1 aromatic heterocycles. The second kappa shape index (κ2) is 6.82. The number of benzene rings is 2. The van der Waals surface area contributed by atoms with Crippen LogP contribution in [-0.2, 0) is 6.18 Å². The summed E-state index contributed by atoms with van der Waals surface area (Å²) in [6.45, 7) is 1.53. The lowest BCUT2D eigenvalue weighted by Crippen LogP contribution is -2.18. The summed E-state index contributed by atoms with van der Waals surface area (Å²) in [4.78, 5) is 12.3. The van der Waals surface area contributed by atoms with Gasteiger partial charge in [0.25, 0.3) is 5.91 Å². The van der Waals surface area contributed by atoms with Crippen LogP contribution in [-0.4, -0.2) is 15.7 Å². The van der Waals surface area contributed by atoms with Gasteiger partial charge in [-0.2, -0.15) is 18.3 Å². The van der Waals surface area contributed by atoms with Crippen LogP contribution in [0.25, 0.3) is 5.69 Å². The number of carbonyl (C=O) groups excluding carboxylic acids is 1. The first-order chi connectivity index (χ1) is 12.7. The van der Waals surface area contributed by atoms with Crippen molar-refractivity contribution in [3.8, 4) is 5.69 Å². The first-order valence-corrected chi connectivity index (χ1v) is 7.66. The molecule has 0 aliphatic carbocycles. The molecule has 0 atom stereocenters. The molecular formula is C18H12F5N3O. The van der Waals surface area contributed by atoms with Crippen LogP contribution in [0.1, 0.15) is 21.6 Å². The molecule has 0 saturated heterocycles. The highest BCUT2D eigenvalue weighted by molar-refractivity contribution is 6.04. The molecule has 1 amide bonds. The van der Waals surface area contributed by atoms with E-state index in [-0.39, 0.29) is 11.5 Å². The highest BCUT2D eigenvalue weighted by atomic mass is 19.4. The van der Waals surface area contributed by atoms with E-state index in [4.69, 9.17) is 0 Å². The van der Waals surface area contributed by atoms with Crippen molar-refractivity contribution in [3.63, 3.8) is 0 Å². The highest BCUT2D eigenvalue weighted by Gasteiger charge is 2.34. The first-order valence-electron chi connectivity index (χ1n) is 7.66. The number of aryl methyl sites for hydroxylation is 1. The Kier molecular flexibility index (Phi) is 4.69. The molecule has 0 saturated carbocycles. The van der Waals surface area contributed by atoms with Gasteiger partial charge in [-0.3, -0.25) is 4.79 Å². The Morgan fingerprint density at radius 2 is 1.78 bits per heavy atom. The van der Waals surface area contributed by atoms with Crippen LogP contribution in [0, 0.1) is 18.6 Å². The number of hydrogen-bond donors (Lipinski definition) is 1. The van der Waals surface area contributed by atoms with Gasteiger partial charge in [0.05, 0.1) is 22.5 Å². The smallest absolute Gasteiger partial charge is 0.306 e. The predicted molar refractivity (Wildman–Crippen MR) is 87.6 cm³/mol. The van der Waals surface area contributed by atoms with Crippen molar-refractivity contribution in [1.82, 2.24) is 9.78 Å². The van der Waals surface area contributed by atoms with E-state index in [2.05, 4.69) is 10.4 Å². The van der Waals surface area contributed by atoms with Crippen LogP contribution in [0.5, 0.6) is 0 Å². The summed E-state index contributed by atoms with van der Waals surface area (Å²) in [6, 6.07) is 8.43. The van der Waals surface area contributed by atoms with E-state index in [9.17, 15) is 26.7 Å². The van der Waals surface area contributed by atoms with Crippen molar-refractivity contribution >= 4 is 11.7 Å². The number of rotatable bonds is 3. The van der Waals surface area contributed by atoms with Gasteiger partial charge < -0.3 is 5.32 Å². The van der Waals surface area contributed by atoms with Crippen molar-refractivity contribution < 1.29 is 26.7 Å². The van der Waals surface area contributed by atoms with Gasteiger partial charge >= 0.3 is 6.18 Å². The van der Waals surface area contributed by atoms with Gasteiger partial charge in [0.2, 0.25) is 0 Å². The average molecular weight is 381 g/mol. The monoisotopic (exact) mass is 381 g/mol. The Labute approximate surface area is 150 Å². The Morgan fingerprint density at radius 3 is 2.44 bits per heavy atom. The van der Waals surface area contributed by atoms with Gasteiger partial charge in [0, 0.05) is 12.1 Å². The quantitative estimate of drug-likeness (QED) is 0.667. The third kappa shape index (κ3) is 3.81. The maximum absolute atomic E-state index is 13.8. The van der Waals surface area contributed by atoms with Crippen LogP contribution in [0.2, 0.25) is 0 Å². The molecule has 0 fully saturated rings. The summed E-state index contributed by atoms with van der Waals surface area (Å²) in [5, 5.41) is 6.30. The second-order valence-electron chi connectivity index (χ2n) is 5.68. The molecule has 9 heteroatoms. The van der Waals surface area contributed by atoms with E-state index in [0.29, 0.717) is 11.8 Å². The standard InChI is InChI=1S/C18H12F5N3O/c1-10-8-16(24-17(27)12-7-6-11(19)9-14(12)20)26(25-10)15-5-3-2-4-13(15)18(21,22)23/h2-9H,1H3,(H,24,27). The lowest BCUT2D eigenvalue weighted by Gasteiger charge is -2.15. The number of carbonyl (C=O) groups is 1. The number of hydrogen-bond acceptors (Lipinski definition) is 2. The van der Waals surface area contributed by atoms with Gasteiger partial charge in [-0.1, -0.05) is 12.1 Å². The van der Waals surface area contributed by atoms with E-state index in [1.54, 1.807) is 0 Å². The average Bonchev–Trinajstić information content (AvgIpc) is 2.94. The molecule has 0 aliphatic heterocycles. The molecule has 0 spiro atoms. The van der Waals surface area contributed by atoms with E-state index < -0.39 is 34.8 Å². The van der Waals surface area contributed by atoms with Crippen LogP contribution < -0.4 is 5.32 Å². The van der Waals surface area contributed by atoms with E-state index in [1.807, 2.05) is 0 Å². The molecule has 0 aliphatic rings. The molecule has 3 rings (SSSR count). The van der Waals surface area contributed by atoms with Crippen molar-refractivity contribution in [2.45, 2.75) is 13.1 Å². The Balaban J connectivity index is 2.02. The van der Waals surface area contributed by atoms with Crippen molar-refractivity contribution in [2.75, 3.05) is 5.32 Å². The minimum atomic E-state index is -4.64. The zero-order valence-electron chi connectivity index (χ0n) is 13.8. The number of amides is 1. The number of nitrogens with zero attached hydrogens (tertiary/aromatic N) is 2. The molecule has 1 N–H and O–H groups in total. The summed E-state index contributed by atoms with van der Waals surface area (Å²) < 4.78 is 67.5. The molecule has 2 aromatic carbocycles. The minimum absolute atomic E-state index is 0.0853. The number of nitrogens with one attached hydrogen (secondary N) is 1. The van der Waals surface area contributed by atoms with Crippen LogP contribution in [0.3, 0.4) is 0 Å². The lowest BCUT2D eigenvalue weighted by atomic mass is 10.1. The molecule has 4 nitrogen and oxygen atoms in total. The summed E-state index contributed by atoms with van der Waals surface area (Å²) in [5.41, 5.74) is -1.36. The van der Waals surface area contributed by atoms with Crippen molar-refractivity contribution in [2.24, 2.45) is 0 Å². The Hall–Kier alpha value is -3.23. The summed E-state index contributed by atoms with van der Waals surface area (Å²) in [7, 11) is 0. The third-order valence-corrected chi connectivity index (χ3v) is 3.69. The minimum Gasteiger partial charge on any atom is -0.306 e. The van der Waals surface area contributed by atoms with Gasteiger partial charge in [-0.05, 0) is 31.2 Å². The number of aromatic nitrogens is 2. The zero-order valence-corrected chi connectivity index (χ0v) is 13.8.